The summed E-state index contributed by atoms with van der Waals surface area (Å²) in [5, 5.41) is 5.57. The van der Waals surface area contributed by atoms with Gasteiger partial charge in [-0.3, -0.25) is 0 Å². The van der Waals surface area contributed by atoms with Gasteiger partial charge in [-0.2, -0.15) is 0 Å². The number of hydrogen-bond acceptors (Lipinski definition) is 3. The fourth-order valence-corrected chi connectivity index (χ4v) is 12.3. The zero-order valence-corrected chi connectivity index (χ0v) is 26.5. The first-order valence-electron chi connectivity index (χ1n) is 14.7. The second-order valence-electron chi connectivity index (χ2n) is 13.8. The number of rotatable bonds is 5. The number of nitrogens with zero attached hydrogens (tertiary/aromatic N) is 2. The quantitative estimate of drug-likeness (QED) is 0.203. The molecule has 1 aliphatic rings. The summed E-state index contributed by atoms with van der Waals surface area (Å²) in [6.07, 6.45) is 7.01. The molecule has 1 fully saturated rings. The first-order chi connectivity index (χ1) is 18.5. The minimum absolute atomic E-state index is 0.488. The van der Waals surface area contributed by atoms with Gasteiger partial charge >= 0.3 is 0 Å². The SMILES string of the molecule is Cc1c(C2CCC(C)(C)CC2)ccc2c1sc1c(-c3cc([Si](C)(C)CC(C)C)c4ccccc4c3)ncnc12. The van der Waals surface area contributed by atoms with Crippen LogP contribution >= 0.6 is 11.3 Å². The molecule has 0 bridgehead atoms. The van der Waals surface area contributed by atoms with Crippen LogP contribution in [0.4, 0.5) is 0 Å². The molecule has 1 saturated carbocycles. The molecule has 202 valence electrons. The highest BCUT2D eigenvalue weighted by Crippen LogP contribution is 2.46. The van der Waals surface area contributed by atoms with E-state index in [1.165, 1.54) is 68.4 Å². The minimum atomic E-state index is -1.66. The van der Waals surface area contributed by atoms with Gasteiger partial charge in [0, 0.05) is 15.6 Å². The Morgan fingerprint density at radius 3 is 2.44 bits per heavy atom. The van der Waals surface area contributed by atoms with Crippen LogP contribution in [0.1, 0.15) is 70.4 Å². The number of benzene rings is 3. The van der Waals surface area contributed by atoms with Crippen molar-refractivity contribution in [3.63, 3.8) is 0 Å². The Bertz CT molecular complexity index is 1680. The van der Waals surface area contributed by atoms with Crippen LogP contribution in [-0.2, 0) is 0 Å². The highest BCUT2D eigenvalue weighted by Gasteiger charge is 2.30. The van der Waals surface area contributed by atoms with Crippen LogP contribution in [-0.4, -0.2) is 18.0 Å². The second kappa shape index (κ2) is 9.81. The highest BCUT2D eigenvalue weighted by atomic mass is 32.1. The first kappa shape index (κ1) is 26.6. The van der Waals surface area contributed by atoms with Crippen LogP contribution in [0.3, 0.4) is 0 Å². The van der Waals surface area contributed by atoms with E-state index < -0.39 is 8.07 Å². The van der Waals surface area contributed by atoms with E-state index >= 15 is 0 Å². The van der Waals surface area contributed by atoms with Crippen LogP contribution < -0.4 is 5.19 Å². The van der Waals surface area contributed by atoms with Crippen molar-refractivity contribution in [1.82, 2.24) is 9.97 Å². The summed E-state index contributed by atoms with van der Waals surface area (Å²) in [5.74, 6) is 1.37. The van der Waals surface area contributed by atoms with Gasteiger partial charge in [0.05, 0.1) is 24.0 Å². The van der Waals surface area contributed by atoms with E-state index in [2.05, 4.69) is 96.2 Å². The average Bonchev–Trinajstić information content (AvgIpc) is 3.28. The molecule has 2 heterocycles. The molecule has 0 radical (unpaired) electrons. The van der Waals surface area contributed by atoms with Crippen LogP contribution in [0.5, 0.6) is 0 Å². The van der Waals surface area contributed by atoms with Gasteiger partial charge in [0.2, 0.25) is 0 Å². The predicted octanol–water partition coefficient (Wildman–Crippen LogP) is 10.2. The van der Waals surface area contributed by atoms with Crippen molar-refractivity contribution in [2.45, 2.75) is 85.4 Å². The van der Waals surface area contributed by atoms with E-state index in [9.17, 15) is 0 Å². The molecule has 5 aromatic rings. The molecule has 0 aliphatic heterocycles. The summed E-state index contributed by atoms with van der Waals surface area (Å²) < 4.78 is 2.62. The number of aromatic nitrogens is 2. The molecule has 0 saturated heterocycles. The van der Waals surface area contributed by atoms with Gasteiger partial charge in [-0.25, -0.2) is 9.97 Å². The first-order valence-corrected chi connectivity index (χ1v) is 18.8. The van der Waals surface area contributed by atoms with Crippen molar-refractivity contribution in [3.05, 3.63) is 66.0 Å². The maximum absolute atomic E-state index is 4.94. The third-order valence-corrected chi connectivity index (χ3v) is 14.3. The maximum atomic E-state index is 4.94. The lowest BCUT2D eigenvalue weighted by molar-refractivity contribution is 0.224. The lowest BCUT2D eigenvalue weighted by Gasteiger charge is -2.35. The third kappa shape index (κ3) is 4.84. The van der Waals surface area contributed by atoms with Gasteiger partial charge in [-0.15, -0.1) is 11.3 Å². The van der Waals surface area contributed by atoms with Crippen LogP contribution in [0, 0.1) is 18.3 Å². The molecule has 39 heavy (non-hydrogen) atoms. The Morgan fingerprint density at radius 1 is 0.949 bits per heavy atom. The predicted molar refractivity (Wildman–Crippen MR) is 174 cm³/mol. The Balaban J connectivity index is 1.51. The smallest absolute Gasteiger partial charge is 0.116 e. The summed E-state index contributed by atoms with van der Waals surface area (Å²) in [6.45, 7) is 17.0. The van der Waals surface area contributed by atoms with E-state index in [0.29, 0.717) is 17.3 Å². The largest absolute Gasteiger partial charge is 0.235 e. The highest BCUT2D eigenvalue weighted by molar-refractivity contribution is 7.26. The van der Waals surface area contributed by atoms with Crippen molar-refractivity contribution in [2.24, 2.45) is 11.3 Å². The van der Waals surface area contributed by atoms with Crippen molar-refractivity contribution in [2.75, 3.05) is 0 Å². The third-order valence-electron chi connectivity index (χ3n) is 9.27. The molecule has 0 N–H and O–H groups in total. The molecule has 0 atom stereocenters. The molecule has 3 aromatic carbocycles. The second-order valence-corrected chi connectivity index (χ2v) is 19.6. The lowest BCUT2D eigenvalue weighted by atomic mass is 9.71. The molecule has 6 rings (SSSR count). The number of thiophene rings is 1. The standard InChI is InChI=1S/C35H42N2SSi/c1-22(2)20-39(6,7)30-19-26(18-25-10-8-9-11-28(25)30)31-34-32(37-21-36-31)29-13-12-27(23(3)33(29)38-34)24-14-16-35(4,5)17-15-24/h8-13,18-19,21-22,24H,14-17,20H2,1-7H3. The average molecular weight is 551 g/mol. The van der Waals surface area contributed by atoms with Crippen LogP contribution in [0.2, 0.25) is 19.1 Å². The Morgan fingerprint density at radius 2 is 1.69 bits per heavy atom. The fourth-order valence-electron chi connectivity index (χ4n) is 7.29. The van der Waals surface area contributed by atoms with Gasteiger partial charge in [-0.05, 0) is 77.8 Å². The summed E-state index contributed by atoms with van der Waals surface area (Å²) in [7, 11) is -1.66. The minimum Gasteiger partial charge on any atom is -0.235 e. The normalized spacial score (nSPS) is 16.6. The number of aryl methyl sites for hydroxylation is 1. The molecule has 4 heteroatoms. The summed E-state index contributed by atoms with van der Waals surface area (Å²) in [5.41, 5.74) is 6.92. The summed E-state index contributed by atoms with van der Waals surface area (Å²) in [4.78, 5) is 9.77. The number of hydrogen-bond donors (Lipinski definition) is 0. The molecular weight excluding hydrogens is 509 g/mol. The van der Waals surface area contributed by atoms with Gasteiger partial charge in [-0.1, -0.05) is 94.5 Å². The summed E-state index contributed by atoms with van der Waals surface area (Å²) in [6, 6.07) is 19.8. The van der Waals surface area contributed by atoms with Crippen molar-refractivity contribution < 1.29 is 0 Å². The van der Waals surface area contributed by atoms with E-state index in [4.69, 9.17) is 9.97 Å². The molecule has 2 aromatic heterocycles. The molecular formula is C35H42N2SSi. The fraction of sp³-hybridized carbons (Fsp3) is 0.429. The van der Waals surface area contributed by atoms with Crippen molar-refractivity contribution in [1.29, 1.82) is 0 Å². The molecule has 0 spiro atoms. The van der Waals surface area contributed by atoms with E-state index in [0.717, 1.165) is 11.2 Å². The summed E-state index contributed by atoms with van der Waals surface area (Å²) >= 11 is 1.90. The Labute approximate surface area is 238 Å². The Kier molecular flexibility index (Phi) is 6.71. The van der Waals surface area contributed by atoms with Crippen LogP contribution in [0.15, 0.2) is 54.9 Å². The maximum Gasteiger partial charge on any atom is 0.116 e. The lowest BCUT2D eigenvalue weighted by Crippen LogP contribution is -2.42. The van der Waals surface area contributed by atoms with E-state index in [1.807, 2.05) is 11.3 Å². The molecule has 0 amide bonds. The van der Waals surface area contributed by atoms with E-state index in [1.54, 1.807) is 17.1 Å². The van der Waals surface area contributed by atoms with E-state index in [-0.39, 0.29) is 0 Å². The van der Waals surface area contributed by atoms with Gasteiger partial charge in [0.1, 0.15) is 6.33 Å². The monoisotopic (exact) mass is 550 g/mol. The van der Waals surface area contributed by atoms with Gasteiger partial charge < -0.3 is 0 Å². The number of fused-ring (bicyclic) bond motifs is 4. The molecule has 0 unspecified atom stereocenters. The zero-order chi connectivity index (χ0) is 27.5. The van der Waals surface area contributed by atoms with Gasteiger partial charge in [0.15, 0.2) is 0 Å². The topological polar surface area (TPSA) is 25.8 Å². The van der Waals surface area contributed by atoms with Crippen LogP contribution in [0.25, 0.3) is 42.3 Å². The van der Waals surface area contributed by atoms with Gasteiger partial charge in [0.25, 0.3) is 0 Å². The van der Waals surface area contributed by atoms with Crippen molar-refractivity contribution in [3.8, 4) is 11.3 Å². The van der Waals surface area contributed by atoms with Crippen molar-refractivity contribution >= 4 is 55.7 Å². The molecule has 1 aliphatic carbocycles. The zero-order valence-electron chi connectivity index (χ0n) is 24.7. The Hall–Kier alpha value is -2.56. The molecule has 2 nitrogen and oxygen atoms in total.